The maximum Gasteiger partial charge on any atom is 0.270 e. The van der Waals surface area contributed by atoms with Crippen LogP contribution in [-0.2, 0) is 11.3 Å². The molecule has 0 aliphatic carbocycles. The molecule has 25 heavy (non-hydrogen) atoms. The molecule has 2 aromatic heterocycles. The zero-order valence-corrected chi connectivity index (χ0v) is 13.8. The van der Waals surface area contributed by atoms with Crippen molar-refractivity contribution >= 4 is 22.6 Å². The highest BCUT2D eigenvalue weighted by Gasteiger charge is 2.14. The zero-order chi connectivity index (χ0) is 17.1. The van der Waals surface area contributed by atoms with E-state index in [9.17, 15) is 4.79 Å². The summed E-state index contributed by atoms with van der Waals surface area (Å²) in [4.78, 5) is 18.8. The number of anilines is 1. The smallest absolute Gasteiger partial charge is 0.270 e. The number of furan rings is 1. The second kappa shape index (κ2) is 6.94. The third kappa shape index (κ3) is 3.49. The molecule has 1 saturated heterocycles. The number of nitrogens with zero attached hydrogens (tertiary/aromatic N) is 2. The second-order valence-corrected chi connectivity index (χ2v) is 5.93. The van der Waals surface area contributed by atoms with Crippen molar-refractivity contribution < 1.29 is 13.9 Å². The first-order chi connectivity index (χ1) is 12.3. The molecule has 1 aromatic carbocycles. The molecular formula is C19H19N3O3. The Morgan fingerprint density at radius 3 is 2.84 bits per heavy atom. The lowest BCUT2D eigenvalue weighted by atomic mass is 10.2. The lowest BCUT2D eigenvalue weighted by Crippen LogP contribution is -2.36. The van der Waals surface area contributed by atoms with Gasteiger partial charge in [0, 0.05) is 30.4 Å². The fourth-order valence-corrected chi connectivity index (χ4v) is 2.94. The van der Waals surface area contributed by atoms with Gasteiger partial charge in [0.25, 0.3) is 5.91 Å². The Morgan fingerprint density at radius 2 is 2.00 bits per heavy atom. The number of amides is 1. The molecule has 0 bridgehead atoms. The number of para-hydroxylation sites is 1. The molecule has 1 amide bonds. The summed E-state index contributed by atoms with van der Waals surface area (Å²) in [6.45, 7) is 3.39. The van der Waals surface area contributed by atoms with Gasteiger partial charge in [-0.1, -0.05) is 18.2 Å². The fraction of sp³-hybridized carbons (Fsp3) is 0.263. The number of morpholine rings is 1. The molecule has 0 spiro atoms. The Balaban J connectivity index is 1.43. The van der Waals surface area contributed by atoms with Crippen LogP contribution in [0.1, 0.15) is 16.2 Å². The zero-order valence-electron chi connectivity index (χ0n) is 13.8. The Labute approximate surface area is 145 Å². The monoisotopic (exact) mass is 337 g/mol. The van der Waals surface area contributed by atoms with Crippen LogP contribution in [0.4, 0.5) is 5.69 Å². The Morgan fingerprint density at radius 1 is 1.16 bits per heavy atom. The summed E-state index contributed by atoms with van der Waals surface area (Å²) in [5.41, 5.74) is 2.21. The van der Waals surface area contributed by atoms with Gasteiger partial charge in [0.15, 0.2) is 0 Å². The number of fused-ring (bicyclic) bond motifs is 1. The van der Waals surface area contributed by atoms with Gasteiger partial charge in [0.05, 0.1) is 19.8 Å². The van der Waals surface area contributed by atoms with Crippen LogP contribution >= 0.6 is 0 Å². The summed E-state index contributed by atoms with van der Waals surface area (Å²) in [5.74, 6) is 0.509. The van der Waals surface area contributed by atoms with Gasteiger partial charge in [-0.2, -0.15) is 0 Å². The van der Waals surface area contributed by atoms with Crippen LogP contribution in [0, 0.1) is 0 Å². The first-order valence-electron chi connectivity index (χ1n) is 8.34. The van der Waals surface area contributed by atoms with E-state index in [4.69, 9.17) is 9.15 Å². The molecule has 4 rings (SSSR count). The lowest BCUT2D eigenvalue weighted by molar-refractivity contribution is 0.0943. The average molecular weight is 337 g/mol. The number of carbonyl (C=O) groups excluding carboxylic acids is 1. The highest BCUT2D eigenvalue weighted by atomic mass is 16.5. The standard InChI is InChI=1S/C19H19N3O3/c23-19(21-13-16-11-14-3-1-2-4-18(14)25-16)17-12-15(5-6-20-17)22-7-9-24-10-8-22/h1-6,11-12H,7-10,13H2,(H,21,23). The number of hydrogen-bond donors (Lipinski definition) is 1. The van der Waals surface area contributed by atoms with Gasteiger partial charge in [0.1, 0.15) is 17.0 Å². The summed E-state index contributed by atoms with van der Waals surface area (Å²) in [5, 5.41) is 3.89. The molecule has 128 valence electrons. The van der Waals surface area contributed by atoms with Crippen molar-refractivity contribution in [1.82, 2.24) is 10.3 Å². The van der Waals surface area contributed by atoms with Crippen LogP contribution in [0.3, 0.4) is 0 Å². The van der Waals surface area contributed by atoms with E-state index in [1.54, 1.807) is 6.20 Å². The predicted molar refractivity (Wildman–Crippen MR) is 94.7 cm³/mol. The molecule has 0 atom stereocenters. The van der Waals surface area contributed by atoms with E-state index in [0.717, 1.165) is 35.5 Å². The van der Waals surface area contributed by atoms with Crippen molar-refractivity contribution in [2.45, 2.75) is 6.54 Å². The minimum atomic E-state index is -0.212. The van der Waals surface area contributed by atoms with Gasteiger partial charge < -0.3 is 19.4 Å². The van der Waals surface area contributed by atoms with E-state index in [0.29, 0.717) is 25.5 Å². The first-order valence-corrected chi connectivity index (χ1v) is 8.34. The molecule has 0 radical (unpaired) electrons. The highest BCUT2D eigenvalue weighted by Crippen LogP contribution is 2.19. The van der Waals surface area contributed by atoms with Gasteiger partial charge in [-0.25, -0.2) is 0 Å². The molecule has 6 nitrogen and oxygen atoms in total. The Hall–Kier alpha value is -2.86. The van der Waals surface area contributed by atoms with E-state index in [1.165, 1.54) is 0 Å². The summed E-state index contributed by atoms with van der Waals surface area (Å²) in [7, 11) is 0. The number of ether oxygens (including phenoxy) is 1. The van der Waals surface area contributed by atoms with Gasteiger partial charge >= 0.3 is 0 Å². The van der Waals surface area contributed by atoms with E-state index in [2.05, 4.69) is 15.2 Å². The van der Waals surface area contributed by atoms with Crippen LogP contribution in [0.2, 0.25) is 0 Å². The van der Waals surface area contributed by atoms with Gasteiger partial charge in [-0.05, 0) is 24.3 Å². The van der Waals surface area contributed by atoms with Crippen LogP contribution in [0.15, 0.2) is 53.1 Å². The minimum absolute atomic E-state index is 0.212. The van der Waals surface area contributed by atoms with Crippen LogP contribution in [0.25, 0.3) is 11.0 Å². The van der Waals surface area contributed by atoms with Crippen molar-refractivity contribution in [3.8, 4) is 0 Å². The highest BCUT2D eigenvalue weighted by molar-refractivity contribution is 5.93. The SMILES string of the molecule is O=C(NCc1cc2ccccc2o1)c1cc(N2CCOCC2)ccn1. The average Bonchev–Trinajstić information content (AvgIpc) is 3.10. The topological polar surface area (TPSA) is 67.6 Å². The number of nitrogens with one attached hydrogen (secondary N) is 1. The van der Waals surface area contributed by atoms with Gasteiger partial charge in [0.2, 0.25) is 0 Å². The van der Waals surface area contributed by atoms with E-state index in [1.807, 2.05) is 42.5 Å². The Bertz CT molecular complexity index is 851. The van der Waals surface area contributed by atoms with Crippen molar-refractivity contribution in [3.05, 3.63) is 60.1 Å². The first kappa shape index (κ1) is 15.7. The number of hydrogen-bond acceptors (Lipinski definition) is 5. The number of aromatic nitrogens is 1. The summed E-state index contributed by atoms with van der Waals surface area (Å²) in [6, 6.07) is 13.5. The van der Waals surface area contributed by atoms with Crippen molar-refractivity contribution in [2.75, 3.05) is 31.2 Å². The maximum absolute atomic E-state index is 12.4. The summed E-state index contributed by atoms with van der Waals surface area (Å²) in [6.07, 6.45) is 1.67. The van der Waals surface area contributed by atoms with Gasteiger partial charge in [-0.15, -0.1) is 0 Å². The predicted octanol–water partition coefficient (Wildman–Crippen LogP) is 2.59. The normalized spacial score (nSPS) is 14.6. The third-order valence-electron chi connectivity index (χ3n) is 4.25. The summed E-state index contributed by atoms with van der Waals surface area (Å²) < 4.78 is 11.1. The molecular weight excluding hydrogens is 318 g/mol. The molecule has 3 heterocycles. The molecule has 0 unspecified atom stereocenters. The molecule has 1 aliphatic heterocycles. The van der Waals surface area contributed by atoms with Crippen molar-refractivity contribution in [1.29, 1.82) is 0 Å². The number of carbonyl (C=O) groups is 1. The Kier molecular flexibility index (Phi) is 4.35. The number of rotatable bonds is 4. The quantitative estimate of drug-likeness (QED) is 0.792. The summed E-state index contributed by atoms with van der Waals surface area (Å²) >= 11 is 0. The van der Waals surface area contributed by atoms with E-state index in [-0.39, 0.29) is 5.91 Å². The lowest BCUT2D eigenvalue weighted by Gasteiger charge is -2.28. The fourth-order valence-electron chi connectivity index (χ4n) is 2.94. The third-order valence-corrected chi connectivity index (χ3v) is 4.25. The van der Waals surface area contributed by atoms with E-state index >= 15 is 0 Å². The second-order valence-electron chi connectivity index (χ2n) is 5.93. The van der Waals surface area contributed by atoms with Crippen LogP contribution in [-0.4, -0.2) is 37.2 Å². The number of pyridine rings is 1. The number of benzene rings is 1. The molecule has 1 aliphatic rings. The largest absolute Gasteiger partial charge is 0.459 e. The van der Waals surface area contributed by atoms with Crippen LogP contribution in [0.5, 0.6) is 0 Å². The maximum atomic E-state index is 12.4. The van der Waals surface area contributed by atoms with Crippen LogP contribution < -0.4 is 10.2 Å². The van der Waals surface area contributed by atoms with Crippen molar-refractivity contribution in [3.63, 3.8) is 0 Å². The van der Waals surface area contributed by atoms with Crippen molar-refractivity contribution in [2.24, 2.45) is 0 Å². The van der Waals surface area contributed by atoms with Gasteiger partial charge in [-0.3, -0.25) is 9.78 Å². The molecule has 3 aromatic rings. The minimum Gasteiger partial charge on any atom is -0.459 e. The molecule has 1 N–H and O–H groups in total. The molecule has 0 saturated carbocycles. The van der Waals surface area contributed by atoms with E-state index < -0.39 is 0 Å². The molecule has 1 fully saturated rings. The molecule has 6 heteroatoms.